The Bertz CT molecular complexity index is 450. The predicted octanol–water partition coefficient (Wildman–Crippen LogP) is 0.972. The van der Waals surface area contributed by atoms with Gasteiger partial charge in [-0.05, 0) is 21.8 Å². The molecular formula is C10H15BrN2O3. The average Bonchev–Trinajstić information content (AvgIpc) is 2.22. The van der Waals surface area contributed by atoms with Gasteiger partial charge in [0.2, 0.25) is 0 Å². The Labute approximate surface area is 102 Å². The van der Waals surface area contributed by atoms with Gasteiger partial charge in [0.05, 0.1) is 17.6 Å². The molecule has 0 radical (unpaired) electrons. The zero-order valence-corrected chi connectivity index (χ0v) is 10.9. The third-order valence-electron chi connectivity index (χ3n) is 1.93. The molecule has 0 spiro atoms. The van der Waals surface area contributed by atoms with Crippen LogP contribution in [0.1, 0.15) is 13.8 Å². The molecule has 5 nitrogen and oxygen atoms in total. The van der Waals surface area contributed by atoms with Gasteiger partial charge in [-0.1, -0.05) is 13.8 Å². The normalized spacial score (nSPS) is 11.0. The highest BCUT2D eigenvalue weighted by atomic mass is 79.9. The molecule has 1 rings (SSSR count). The molecule has 0 aliphatic heterocycles. The molecule has 1 aromatic heterocycles. The molecule has 90 valence electrons. The summed E-state index contributed by atoms with van der Waals surface area (Å²) in [6, 6.07) is 0. The van der Waals surface area contributed by atoms with Crippen molar-refractivity contribution in [3.8, 4) is 0 Å². The Morgan fingerprint density at radius 1 is 1.50 bits per heavy atom. The van der Waals surface area contributed by atoms with Crippen LogP contribution in [-0.2, 0) is 11.3 Å². The lowest BCUT2D eigenvalue weighted by atomic mass is 10.2. The number of hydrogen-bond acceptors (Lipinski definition) is 3. The molecule has 0 atom stereocenters. The number of rotatable bonds is 5. The molecule has 1 N–H and O–H groups in total. The van der Waals surface area contributed by atoms with Crippen LogP contribution in [0.3, 0.4) is 0 Å². The van der Waals surface area contributed by atoms with Crippen LogP contribution in [0.4, 0.5) is 0 Å². The first-order valence-corrected chi connectivity index (χ1v) is 5.87. The Morgan fingerprint density at radius 2 is 2.19 bits per heavy atom. The topological polar surface area (TPSA) is 64.1 Å². The highest BCUT2D eigenvalue weighted by Gasteiger charge is 2.04. The average molecular weight is 291 g/mol. The maximum Gasteiger partial charge on any atom is 0.328 e. The molecule has 0 aliphatic rings. The fourth-order valence-electron chi connectivity index (χ4n) is 1.16. The third-order valence-corrected chi connectivity index (χ3v) is 2.50. The van der Waals surface area contributed by atoms with E-state index in [2.05, 4.69) is 20.9 Å². The molecule has 1 aromatic rings. The number of H-pyrrole nitrogens is 1. The van der Waals surface area contributed by atoms with Gasteiger partial charge in [-0.3, -0.25) is 9.36 Å². The van der Waals surface area contributed by atoms with Gasteiger partial charge in [0.25, 0.3) is 5.56 Å². The molecule has 0 aliphatic carbocycles. The predicted molar refractivity (Wildman–Crippen MR) is 64.7 cm³/mol. The molecule has 0 amide bonds. The largest absolute Gasteiger partial charge is 0.379 e. The highest BCUT2D eigenvalue weighted by Crippen LogP contribution is 1.96. The van der Waals surface area contributed by atoms with Crippen LogP contribution in [0.5, 0.6) is 0 Å². The number of nitrogens with zero attached hydrogens (tertiary/aromatic N) is 1. The Morgan fingerprint density at radius 3 is 2.81 bits per heavy atom. The summed E-state index contributed by atoms with van der Waals surface area (Å²) < 4.78 is 6.78. The van der Waals surface area contributed by atoms with Crippen molar-refractivity contribution < 1.29 is 4.74 Å². The summed E-state index contributed by atoms with van der Waals surface area (Å²) in [5, 5.41) is 0. The molecule has 0 aromatic carbocycles. The lowest BCUT2D eigenvalue weighted by Gasteiger charge is -2.07. The van der Waals surface area contributed by atoms with Crippen LogP contribution in [0, 0.1) is 5.92 Å². The lowest BCUT2D eigenvalue weighted by Crippen LogP contribution is -2.36. The van der Waals surface area contributed by atoms with E-state index in [-0.39, 0.29) is 12.1 Å². The van der Waals surface area contributed by atoms with Gasteiger partial charge in [-0.25, -0.2) is 4.79 Å². The number of hydrogen-bond donors (Lipinski definition) is 1. The fraction of sp³-hybridized carbons (Fsp3) is 0.600. The van der Waals surface area contributed by atoms with E-state index in [1.54, 1.807) is 0 Å². The van der Waals surface area contributed by atoms with E-state index in [0.29, 0.717) is 23.6 Å². The first kappa shape index (κ1) is 13.2. The summed E-state index contributed by atoms with van der Waals surface area (Å²) in [5.41, 5.74) is -0.752. The van der Waals surface area contributed by atoms with Crippen molar-refractivity contribution in [3.05, 3.63) is 31.5 Å². The molecule has 0 fully saturated rings. The second-order valence-electron chi connectivity index (χ2n) is 3.87. The number of aromatic amines is 1. The SMILES string of the molecule is CC(C)COCCn1c(=O)[nH]cc(Br)c1=O. The van der Waals surface area contributed by atoms with Crippen LogP contribution in [0.15, 0.2) is 20.3 Å². The van der Waals surface area contributed by atoms with Crippen LogP contribution >= 0.6 is 15.9 Å². The van der Waals surface area contributed by atoms with Crippen LogP contribution < -0.4 is 11.2 Å². The zero-order valence-electron chi connectivity index (χ0n) is 9.33. The van der Waals surface area contributed by atoms with Crippen molar-refractivity contribution in [2.24, 2.45) is 5.92 Å². The molecule has 0 bridgehead atoms. The van der Waals surface area contributed by atoms with E-state index >= 15 is 0 Å². The first-order chi connectivity index (χ1) is 7.52. The summed E-state index contributed by atoms with van der Waals surface area (Å²) in [6.07, 6.45) is 1.34. The van der Waals surface area contributed by atoms with Gasteiger partial charge in [-0.2, -0.15) is 0 Å². The Balaban J connectivity index is 2.64. The molecule has 6 heteroatoms. The van der Waals surface area contributed by atoms with Crippen LogP contribution in [-0.4, -0.2) is 22.8 Å². The van der Waals surface area contributed by atoms with E-state index < -0.39 is 5.69 Å². The highest BCUT2D eigenvalue weighted by molar-refractivity contribution is 9.10. The molecule has 0 unspecified atom stereocenters. The summed E-state index contributed by atoms with van der Waals surface area (Å²) in [6.45, 7) is 5.33. The Hall–Kier alpha value is -0.880. The van der Waals surface area contributed by atoms with Gasteiger partial charge < -0.3 is 9.72 Å². The van der Waals surface area contributed by atoms with E-state index in [1.807, 2.05) is 13.8 Å². The molecule has 1 heterocycles. The second-order valence-corrected chi connectivity index (χ2v) is 4.72. The van der Waals surface area contributed by atoms with Gasteiger partial charge in [0.15, 0.2) is 0 Å². The van der Waals surface area contributed by atoms with Crippen molar-refractivity contribution in [2.45, 2.75) is 20.4 Å². The van der Waals surface area contributed by atoms with Gasteiger partial charge in [0, 0.05) is 12.8 Å². The second kappa shape index (κ2) is 6.00. The first-order valence-electron chi connectivity index (χ1n) is 5.08. The minimum atomic E-state index is -0.415. The summed E-state index contributed by atoms with van der Waals surface area (Å²) in [7, 11) is 0. The number of nitrogens with one attached hydrogen (secondary N) is 1. The van der Waals surface area contributed by atoms with Crippen LogP contribution in [0.2, 0.25) is 0 Å². The molecule has 0 saturated heterocycles. The maximum atomic E-state index is 11.6. The smallest absolute Gasteiger partial charge is 0.328 e. The van der Waals surface area contributed by atoms with E-state index in [1.165, 1.54) is 6.20 Å². The molecular weight excluding hydrogens is 276 g/mol. The van der Waals surface area contributed by atoms with Crippen molar-refractivity contribution in [3.63, 3.8) is 0 Å². The minimum absolute atomic E-state index is 0.264. The maximum absolute atomic E-state index is 11.6. The van der Waals surface area contributed by atoms with Gasteiger partial charge in [0.1, 0.15) is 0 Å². The standard InChI is InChI=1S/C10H15BrN2O3/c1-7(2)6-16-4-3-13-9(14)8(11)5-12-10(13)15/h5,7H,3-4,6H2,1-2H3,(H,12,15). The minimum Gasteiger partial charge on any atom is -0.379 e. The van der Waals surface area contributed by atoms with Crippen molar-refractivity contribution in [1.82, 2.24) is 9.55 Å². The Kier molecular flexibility index (Phi) is 4.95. The van der Waals surface area contributed by atoms with Gasteiger partial charge >= 0.3 is 5.69 Å². The quantitative estimate of drug-likeness (QED) is 0.822. The monoisotopic (exact) mass is 290 g/mol. The lowest BCUT2D eigenvalue weighted by molar-refractivity contribution is 0.102. The van der Waals surface area contributed by atoms with Crippen LogP contribution in [0.25, 0.3) is 0 Å². The number of ether oxygens (including phenoxy) is 1. The molecule has 0 saturated carbocycles. The summed E-state index contributed by atoms with van der Waals surface area (Å²) in [5.74, 6) is 0.442. The number of aromatic nitrogens is 2. The summed E-state index contributed by atoms with van der Waals surface area (Å²) in [4.78, 5) is 25.4. The molecule has 16 heavy (non-hydrogen) atoms. The summed E-state index contributed by atoms with van der Waals surface area (Å²) >= 11 is 3.07. The number of halogens is 1. The fourth-order valence-corrected chi connectivity index (χ4v) is 1.49. The van der Waals surface area contributed by atoms with Crippen molar-refractivity contribution >= 4 is 15.9 Å². The van der Waals surface area contributed by atoms with E-state index in [4.69, 9.17) is 4.74 Å². The van der Waals surface area contributed by atoms with E-state index in [9.17, 15) is 9.59 Å². The zero-order chi connectivity index (χ0) is 12.1. The van der Waals surface area contributed by atoms with E-state index in [0.717, 1.165) is 4.57 Å². The van der Waals surface area contributed by atoms with Gasteiger partial charge in [-0.15, -0.1) is 0 Å². The third kappa shape index (κ3) is 3.61. The van der Waals surface area contributed by atoms with Crippen molar-refractivity contribution in [2.75, 3.05) is 13.2 Å². The van der Waals surface area contributed by atoms with Crippen molar-refractivity contribution in [1.29, 1.82) is 0 Å².